The van der Waals surface area contributed by atoms with Gasteiger partial charge in [-0.05, 0) is 49.3 Å². The van der Waals surface area contributed by atoms with E-state index in [1.165, 1.54) is 12.8 Å². The van der Waals surface area contributed by atoms with E-state index in [1.54, 1.807) is 6.07 Å². The normalized spacial score (nSPS) is 25.2. The molecule has 4 N–H and O–H groups in total. The van der Waals surface area contributed by atoms with Crippen LogP contribution in [0, 0.1) is 5.92 Å². The third-order valence-electron chi connectivity index (χ3n) is 4.81. The largest absolute Gasteiger partial charge is 0.484 e. The maximum Gasteiger partial charge on any atom is 0.255 e. The number of carbonyl (C=O) groups excluding carboxylic acids is 2. The number of piperidine rings is 1. The molecule has 2 aliphatic rings. The number of amides is 2. The third kappa shape index (κ3) is 4.71. The predicted octanol–water partition coefficient (Wildman–Crippen LogP) is 1.09. The summed E-state index contributed by atoms with van der Waals surface area (Å²) in [4.78, 5) is 22.9. The van der Waals surface area contributed by atoms with Crippen LogP contribution < -0.4 is 21.1 Å². The second kappa shape index (κ2) is 7.66. The molecule has 0 aliphatic carbocycles. The summed E-state index contributed by atoms with van der Waals surface area (Å²) in [7, 11) is 0. The van der Waals surface area contributed by atoms with E-state index in [1.807, 2.05) is 18.2 Å². The van der Waals surface area contributed by atoms with Gasteiger partial charge in [0.15, 0.2) is 6.61 Å². The van der Waals surface area contributed by atoms with Crippen LogP contribution in [0.5, 0.6) is 5.75 Å². The minimum atomic E-state index is -0.510. The minimum absolute atomic E-state index is 0.102. The monoisotopic (exact) mass is 331 g/mol. The number of hydrogen-bond donors (Lipinski definition) is 3. The van der Waals surface area contributed by atoms with Crippen molar-refractivity contribution in [2.24, 2.45) is 11.7 Å². The summed E-state index contributed by atoms with van der Waals surface area (Å²) in [6.45, 7) is 0.318. The minimum Gasteiger partial charge on any atom is -0.484 e. The predicted molar refractivity (Wildman–Crippen MR) is 90.3 cm³/mol. The fourth-order valence-electron chi connectivity index (χ4n) is 3.78. The zero-order chi connectivity index (χ0) is 16.9. The Labute approximate surface area is 142 Å². The van der Waals surface area contributed by atoms with Gasteiger partial charge in [0.05, 0.1) is 0 Å². The van der Waals surface area contributed by atoms with E-state index in [4.69, 9.17) is 10.5 Å². The smallest absolute Gasteiger partial charge is 0.255 e. The Balaban J connectivity index is 1.44. The molecule has 2 atom stereocenters. The molecule has 130 valence electrons. The lowest BCUT2D eigenvalue weighted by Gasteiger charge is -2.28. The Morgan fingerprint density at radius 2 is 2.00 bits per heavy atom. The number of carbonyl (C=O) groups is 2. The van der Waals surface area contributed by atoms with E-state index < -0.39 is 5.91 Å². The van der Waals surface area contributed by atoms with Crippen LogP contribution in [0.4, 0.5) is 0 Å². The molecule has 1 aromatic carbocycles. The van der Waals surface area contributed by atoms with Gasteiger partial charge in [-0.2, -0.15) is 0 Å². The summed E-state index contributed by atoms with van der Waals surface area (Å²) in [5, 5.41) is 6.58. The number of ether oxygens (including phenoxy) is 1. The van der Waals surface area contributed by atoms with Crippen LogP contribution in [0.25, 0.3) is 0 Å². The van der Waals surface area contributed by atoms with Crippen molar-refractivity contribution in [2.45, 2.75) is 50.7 Å². The summed E-state index contributed by atoms with van der Waals surface area (Å²) in [5.74, 6) is 0.666. The average Bonchev–Trinajstić information content (AvgIpc) is 2.90. The van der Waals surface area contributed by atoms with Crippen molar-refractivity contribution in [3.05, 3.63) is 29.8 Å². The molecular formula is C18H25N3O3. The Hall–Kier alpha value is -2.08. The molecule has 0 saturated carbocycles. The summed E-state index contributed by atoms with van der Waals surface area (Å²) < 4.78 is 5.27. The standard InChI is InChI=1S/C18H25N3O3/c19-17(22)11-24-16-3-1-2-12(8-16)10-20-18(23)9-13-6-14-4-5-15(7-13)21-14/h1-3,8,13-15,21H,4-7,9-11H2,(H2,19,22)(H,20,23). The molecule has 2 heterocycles. The van der Waals surface area contributed by atoms with Crippen LogP contribution in [0.1, 0.15) is 37.7 Å². The molecule has 2 saturated heterocycles. The Morgan fingerprint density at radius 3 is 2.71 bits per heavy atom. The fourth-order valence-corrected chi connectivity index (χ4v) is 3.78. The van der Waals surface area contributed by atoms with Crippen molar-refractivity contribution in [3.63, 3.8) is 0 Å². The summed E-state index contributed by atoms with van der Waals surface area (Å²) in [5.41, 5.74) is 6.00. The summed E-state index contributed by atoms with van der Waals surface area (Å²) in [6.07, 6.45) is 5.33. The molecule has 6 heteroatoms. The van der Waals surface area contributed by atoms with Gasteiger partial charge in [0.2, 0.25) is 5.91 Å². The molecule has 2 bridgehead atoms. The van der Waals surface area contributed by atoms with E-state index in [0.29, 0.717) is 36.7 Å². The van der Waals surface area contributed by atoms with Crippen LogP contribution in [-0.2, 0) is 16.1 Å². The van der Waals surface area contributed by atoms with Crippen LogP contribution >= 0.6 is 0 Å². The summed E-state index contributed by atoms with van der Waals surface area (Å²) >= 11 is 0. The molecule has 1 aromatic rings. The number of primary amides is 1. The van der Waals surface area contributed by atoms with E-state index >= 15 is 0 Å². The lowest BCUT2D eigenvalue weighted by atomic mass is 9.89. The molecule has 3 rings (SSSR count). The second-order valence-electron chi connectivity index (χ2n) is 6.86. The number of benzene rings is 1. The molecule has 2 unspecified atom stereocenters. The number of fused-ring (bicyclic) bond motifs is 2. The maximum absolute atomic E-state index is 12.2. The molecule has 2 amide bonds. The zero-order valence-corrected chi connectivity index (χ0v) is 13.8. The average molecular weight is 331 g/mol. The molecular weight excluding hydrogens is 306 g/mol. The molecule has 0 aromatic heterocycles. The SMILES string of the molecule is NC(=O)COc1cccc(CNC(=O)CC2CC3CCC(C2)N3)c1. The number of hydrogen-bond acceptors (Lipinski definition) is 4. The topological polar surface area (TPSA) is 93.5 Å². The molecule has 2 fully saturated rings. The first kappa shape index (κ1) is 16.8. The first-order chi connectivity index (χ1) is 11.6. The molecule has 0 radical (unpaired) electrons. The Bertz CT molecular complexity index is 593. The van der Waals surface area contributed by atoms with Crippen molar-refractivity contribution in [3.8, 4) is 5.75 Å². The zero-order valence-electron chi connectivity index (χ0n) is 13.8. The fraction of sp³-hybridized carbons (Fsp3) is 0.556. The van der Waals surface area contributed by atoms with E-state index in [-0.39, 0.29) is 12.5 Å². The van der Waals surface area contributed by atoms with Gasteiger partial charge in [0.1, 0.15) is 5.75 Å². The van der Waals surface area contributed by atoms with Gasteiger partial charge in [-0.15, -0.1) is 0 Å². The third-order valence-corrected chi connectivity index (χ3v) is 4.81. The van der Waals surface area contributed by atoms with E-state index in [9.17, 15) is 9.59 Å². The molecule has 2 aliphatic heterocycles. The van der Waals surface area contributed by atoms with Gasteiger partial charge in [-0.25, -0.2) is 0 Å². The van der Waals surface area contributed by atoms with Crippen molar-refractivity contribution in [1.29, 1.82) is 0 Å². The molecule has 6 nitrogen and oxygen atoms in total. The maximum atomic E-state index is 12.2. The van der Waals surface area contributed by atoms with Crippen molar-refractivity contribution < 1.29 is 14.3 Å². The van der Waals surface area contributed by atoms with E-state index in [0.717, 1.165) is 18.4 Å². The van der Waals surface area contributed by atoms with Gasteiger partial charge in [0, 0.05) is 25.0 Å². The van der Waals surface area contributed by atoms with Crippen LogP contribution in [0.2, 0.25) is 0 Å². The van der Waals surface area contributed by atoms with Crippen molar-refractivity contribution >= 4 is 11.8 Å². The van der Waals surface area contributed by atoms with E-state index in [2.05, 4.69) is 10.6 Å². The van der Waals surface area contributed by atoms with Crippen LogP contribution in [0.15, 0.2) is 24.3 Å². The van der Waals surface area contributed by atoms with Gasteiger partial charge in [-0.1, -0.05) is 12.1 Å². The number of nitrogens with two attached hydrogens (primary N) is 1. The lowest BCUT2D eigenvalue weighted by Crippen LogP contribution is -2.39. The van der Waals surface area contributed by atoms with Crippen LogP contribution in [-0.4, -0.2) is 30.5 Å². The highest BCUT2D eigenvalue weighted by Gasteiger charge is 2.34. The number of nitrogens with one attached hydrogen (secondary N) is 2. The van der Waals surface area contributed by atoms with Crippen molar-refractivity contribution in [1.82, 2.24) is 10.6 Å². The van der Waals surface area contributed by atoms with Gasteiger partial charge in [0.25, 0.3) is 5.91 Å². The van der Waals surface area contributed by atoms with Crippen molar-refractivity contribution in [2.75, 3.05) is 6.61 Å². The van der Waals surface area contributed by atoms with Gasteiger partial charge >= 0.3 is 0 Å². The highest BCUT2D eigenvalue weighted by Crippen LogP contribution is 2.32. The Morgan fingerprint density at radius 1 is 1.25 bits per heavy atom. The molecule has 0 spiro atoms. The highest BCUT2D eigenvalue weighted by molar-refractivity contribution is 5.76. The highest BCUT2D eigenvalue weighted by atomic mass is 16.5. The summed E-state index contributed by atoms with van der Waals surface area (Å²) in [6, 6.07) is 8.55. The van der Waals surface area contributed by atoms with Gasteiger partial charge in [-0.3, -0.25) is 9.59 Å². The first-order valence-electron chi connectivity index (χ1n) is 8.61. The second-order valence-corrected chi connectivity index (χ2v) is 6.86. The first-order valence-corrected chi connectivity index (χ1v) is 8.61. The lowest BCUT2D eigenvalue weighted by molar-refractivity contribution is -0.122. The van der Waals surface area contributed by atoms with Gasteiger partial charge < -0.3 is 21.1 Å². The Kier molecular flexibility index (Phi) is 5.35. The quantitative estimate of drug-likeness (QED) is 0.697. The molecule has 24 heavy (non-hydrogen) atoms. The number of rotatable bonds is 7. The van der Waals surface area contributed by atoms with Crippen LogP contribution in [0.3, 0.4) is 0 Å².